The summed E-state index contributed by atoms with van der Waals surface area (Å²) in [6.45, 7) is 1.79. The fourth-order valence-electron chi connectivity index (χ4n) is 1.67. The van der Waals surface area contributed by atoms with Crippen molar-refractivity contribution in [3.8, 4) is 11.1 Å². The molecular weight excluding hydrogens is 263 g/mol. The average Bonchev–Trinajstić information content (AvgIpc) is 2.55. The summed E-state index contributed by atoms with van der Waals surface area (Å²) in [7, 11) is 0. The molecule has 0 fully saturated rings. The van der Waals surface area contributed by atoms with E-state index in [1.165, 1.54) is 23.5 Å². The van der Waals surface area contributed by atoms with Gasteiger partial charge in [0.25, 0.3) is 0 Å². The summed E-state index contributed by atoms with van der Waals surface area (Å²) in [5, 5.41) is 9.12. The molecule has 2 aromatic rings. The van der Waals surface area contributed by atoms with Crippen LogP contribution in [0.4, 0.5) is 4.39 Å². The molecule has 1 aromatic heterocycles. The van der Waals surface area contributed by atoms with E-state index < -0.39 is 5.97 Å². The van der Waals surface area contributed by atoms with E-state index in [9.17, 15) is 9.18 Å². The van der Waals surface area contributed by atoms with Crippen LogP contribution in [-0.4, -0.2) is 11.1 Å². The number of aromatic carboxylic acids is 1. The van der Waals surface area contributed by atoms with Crippen LogP contribution in [0.1, 0.15) is 15.2 Å². The van der Waals surface area contributed by atoms with Gasteiger partial charge in [-0.2, -0.15) is 0 Å². The molecular formula is C12H8ClFO2S. The molecule has 0 radical (unpaired) electrons. The lowest BCUT2D eigenvalue weighted by Gasteiger charge is -2.03. The van der Waals surface area contributed by atoms with Crippen LogP contribution < -0.4 is 0 Å². The summed E-state index contributed by atoms with van der Waals surface area (Å²) in [5.74, 6) is -1.43. The Hall–Kier alpha value is -1.39. The second-order valence-electron chi connectivity index (χ2n) is 3.49. The number of rotatable bonds is 2. The molecule has 1 aromatic carbocycles. The molecule has 5 heteroatoms. The highest BCUT2D eigenvalue weighted by atomic mass is 35.5. The van der Waals surface area contributed by atoms with Crippen LogP contribution in [0.2, 0.25) is 4.34 Å². The zero-order valence-corrected chi connectivity index (χ0v) is 10.4. The second kappa shape index (κ2) is 4.47. The van der Waals surface area contributed by atoms with Crippen LogP contribution in [0.5, 0.6) is 0 Å². The van der Waals surface area contributed by atoms with Crippen molar-refractivity contribution >= 4 is 28.9 Å². The lowest BCUT2D eigenvalue weighted by atomic mass is 10.0. The number of carboxylic acid groups (broad SMARTS) is 1. The van der Waals surface area contributed by atoms with Gasteiger partial charge in [0.1, 0.15) is 10.2 Å². The first-order chi connectivity index (χ1) is 8.00. The SMILES string of the molecule is Cc1sc(Cl)c(C(=O)O)c1-c1ccc(F)cc1. The van der Waals surface area contributed by atoms with Gasteiger partial charge in [0.15, 0.2) is 0 Å². The van der Waals surface area contributed by atoms with Gasteiger partial charge in [0, 0.05) is 10.4 Å². The number of hydrogen-bond acceptors (Lipinski definition) is 2. The lowest BCUT2D eigenvalue weighted by Crippen LogP contribution is -1.97. The number of carboxylic acids is 1. The van der Waals surface area contributed by atoms with Gasteiger partial charge in [-0.25, -0.2) is 9.18 Å². The molecule has 0 amide bonds. The van der Waals surface area contributed by atoms with Crippen LogP contribution >= 0.6 is 22.9 Å². The van der Waals surface area contributed by atoms with Crippen LogP contribution in [0, 0.1) is 12.7 Å². The van der Waals surface area contributed by atoms with Gasteiger partial charge >= 0.3 is 5.97 Å². The highest BCUT2D eigenvalue weighted by Crippen LogP contribution is 2.39. The molecule has 2 nitrogen and oxygen atoms in total. The Labute approximate surface area is 106 Å². The topological polar surface area (TPSA) is 37.3 Å². The van der Waals surface area contributed by atoms with Crippen LogP contribution in [0.15, 0.2) is 24.3 Å². The largest absolute Gasteiger partial charge is 0.478 e. The van der Waals surface area contributed by atoms with Gasteiger partial charge in [-0.05, 0) is 24.6 Å². The molecule has 1 heterocycles. The van der Waals surface area contributed by atoms with Gasteiger partial charge in [0.2, 0.25) is 0 Å². The van der Waals surface area contributed by atoms with Gasteiger partial charge in [-0.15, -0.1) is 11.3 Å². The summed E-state index contributed by atoms with van der Waals surface area (Å²) in [4.78, 5) is 11.9. The maximum Gasteiger partial charge on any atom is 0.338 e. The van der Waals surface area contributed by atoms with Crippen LogP contribution in [0.3, 0.4) is 0 Å². The van der Waals surface area contributed by atoms with Gasteiger partial charge in [-0.3, -0.25) is 0 Å². The second-order valence-corrected chi connectivity index (χ2v) is 5.32. The average molecular weight is 271 g/mol. The highest BCUT2D eigenvalue weighted by Gasteiger charge is 2.21. The molecule has 0 aliphatic heterocycles. The van der Waals surface area contributed by atoms with Crippen molar-refractivity contribution in [1.82, 2.24) is 0 Å². The van der Waals surface area contributed by atoms with Crippen molar-refractivity contribution in [2.45, 2.75) is 6.92 Å². The Bertz CT molecular complexity index is 575. The minimum atomic E-state index is -1.07. The fourth-order valence-corrected chi connectivity index (χ4v) is 3.07. The number of hydrogen-bond donors (Lipinski definition) is 1. The van der Waals surface area contributed by atoms with Crippen molar-refractivity contribution in [1.29, 1.82) is 0 Å². The smallest absolute Gasteiger partial charge is 0.338 e. The Morgan fingerprint density at radius 2 is 1.94 bits per heavy atom. The maximum absolute atomic E-state index is 12.8. The first kappa shape index (κ1) is 12.1. The molecule has 0 saturated heterocycles. The van der Waals surface area contributed by atoms with Crippen molar-refractivity contribution in [2.75, 3.05) is 0 Å². The van der Waals surface area contributed by atoms with E-state index in [1.807, 2.05) is 0 Å². The van der Waals surface area contributed by atoms with E-state index in [-0.39, 0.29) is 15.7 Å². The highest BCUT2D eigenvalue weighted by molar-refractivity contribution is 7.17. The summed E-state index contributed by atoms with van der Waals surface area (Å²) >= 11 is 7.10. The summed E-state index contributed by atoms with van der Waals surface area (Å²) in [6.07, 6.45) is 0. The van der Waals surface area contributed by atoms with E-state index in [2.05, 4.69) is 0 Å². The van der Waals surface area contributed by atoms with E-state index in [0.717, 1.165) is 4.88 Å². The number of carbonyl (C=O) groups is 1. The standard InChI is InChI=1S/C12H8ClFO2S/c1-6-9(7-2-4-8(14)5-3-7)10(12(15)16)11(13)17-6/h2-5H,1H3,(H,15,16). The van der Waals surface area contributed by atoms with Crippen molar-refractivity contribution in [3.63, 3.8) is 0 Å². The molecule has 0 aliphatic carbocycles. The Kier molecular flexibility index (Phi) is 3.17. The first-order valence-electron chi connectivity index (χ1n) is 4.79. The lowest BCUT2D eigenvalue weighted by molar-refractivity contribution is 0.0698. The molecule has 0 aliphatic rings. The van der Waals surface area contributed by atoms with E-state index in [4.69, 9.17) is 16.7 Å². The van der Waals surface area contributed by atoms with E-state index >= 15 is 0 Å². The van der Waals surface area contributed by atoms with Crippen molar-refractivity contribution in [2.24, 2.45) is 0 Å². The van der Waals surface area contributed by atoms with E-state index in [1.54, 1.807) is 19.1 Å². The molecule has 2 rings (SSSR count). The van der Waals surface area contributed by atoms with Crippen molar-refractivity contribution in [3.05, 3.63) is 44.9 Å². The Morgan fingerprint density at radius 1 is 1.35 bits per heavy atom. The van der Waals surface area contributed by atoms with Gasteiger partial charge in [-0.1, -0.05) is 23.7 Å². The maximum atomic E-state index is 12.8. The molecule has 0 spiro atoms. The summed E-state index contributed by atoms with van der Waals surface area (Å²) in [6, 6.07) is 5.69. The molecule has 17 heavy (non-hydrogen) atoms. The molecule has 0 saturated carbocycles. The molecule has 0 unspecified atom stereocenters. The predicted molar refractivity (Wildman–Crippen MR) is 66.4 cm³/mol. The van der Waals surface area contributed by atoms with Gasteiger partial charge < -0.3 is 5.11 Å². The summed E-state index contributed by atoms with van der Waals surface area (Å²) < 4.78 is 13.1. The van der Waals surface area contributed by atoms with E-state index in [0.29, 0.717) is 11.1 Å². The minimum Gasteiger partial charge on any atom is -0.478 e. The third-order valence-corrected chi connectivity index (χ3v) is 3.70. The number of benzene rings is 1. The third kappa shape index (κ3) is 2.18. The quantitative estimate of drug-likeness (QED) is 0.887. The predicted octanol–water partition coefficient (Wildman–Crippen LogP) is 4.21. The van der Waals surface area contributed by atoms with Gasteiger partial charge in [0.05, 0.1) is 5.56 Å². The molecule has 1 N–H and O–H groups in total. The molecule has 88 valence electrons. The monoisotopic (exact) mass is 270 g/mol. The number of aryl methyl sites for hydroxylation is 1. The molecule has 0 atom stereocenters. The zero-order chi connectivity index (χ0) is 12.6. The molecule has 0 bridgehead atoms. The fraction of sp³-hybridized carbons (Fsp3) is 0.0833. The summed E-state index contributed by atoms with van der Waals surface area (Å²) in [5.41, 5.74) is 1.30. The first-order valence-corrected chi connectivity index (χ1v) is 5.98. The third-order valence-electron chi connectivity index (χ3n) is 2.39. The number of halogens is 2. The number of thiophene rings is 1. The Balaban J connectivity index is 2.66. The zero-order valence-electron chi connectivity index (χ0n) is 8.83. The minimum absolute atomic E-state index is 0.0841. The normalized spacial score (nSPS) is 10.5. The van der Waals surface area contributed by atoms with Crippen LogP contribution in [-0.2, 0) is 0 Å². The Morgan fingerprint density at radius 3 is 2.47 bits per heavy atom. The van der Waals surface area contributed by atoms with Crippen LogP contribution in [0.25, 0.3) is 11.1 Å². The van der Waals surface area contributed by atoms with Crippen molar-refractivity contribution < 1.29 is 14.3 Å².